The molecule has 0 radical (unpaired) electrons. The molecule has 1 aromatic carbocycles. The Balaban J connectivity index is 2.06. The molecule has 0 aliphatic rings. The average molecular weight is 305 g/mol. The first-order valence-corrected chi connectivity index (χ1v) is 7.20. The summed E-state index contributed by atoms with van der Waals surface area (Å²) in [4.78, 5) is 12.5. The van der Waals surface area contributed by atoms with Crippen molar-refractivity contribution in [1.29, 1.82) is 0 Å². The van der Waals surface area contributed by atoms with E-state index in [1.54, 1.807) is 12.1 Å². The molecular formula is C15H13ClN2OS. The highest BCUT2D eigenvalue weighted by atomic mass is 35.5. The zero-order valence-electron chi connectivity index (χ0n) is 10.7. The van der Waals surface area contributed by atoms with E-state index in [9.17, 15) is 4.79 Å². The number of benzene rings is 1. The minimum Gasteiger partial charge on any atom is -0.347 e. The highest BCUT2D eigenvalue weighted by molar-refractivity contribution is 7.17. The Labute approximate surface area is 126 Å². The van der Waals surface area contributed by atoms with Crippen molar-refractivity contribution >= 4 is 28.8 Å². The summed E-state index contributed by atoms with van der Waals surface area (Å²) in [6, 6.07) is 11.1. The van der Waals surface area contributed by atoms with Gasteiger partial charge in [0, 0.05) is 12.1 Å². The SMILES string of the molecule is NCC#Cc1ccccc1CNC(=O)c1ccc(Cl)s1. The van der Waals surface area contributed by atoms with Crippen molar-refractivity contribution in [2.75, 3.05) is 6.54 Å². The maximum Gasteiger partial charge on any atom is 0.261 e. The van der Waals surface area contributed by atoms with E-state index >= 15 is 0 Å². The zero-order chi connectivity index (χ0) is 14.4. The van der Waals surface area contributed by atoms with Crippen molar-refractivity contribution < 1.29 is 4.79 Å². The Bertz CT molecular complexity index is 670. The van der Waals surface area contributed by atoms with Gasteiger partial charge in [-0.3, -0.25) is 4.79 Å². The van der Waals surface area contributed by atoms with E-state index in [4.69, 9.17) is 17.3 Å². The molecule has 2 rings (SSSR count). The highest BCUT2D eigenvalue weighted by Crippen LogP contribution is 2.21. The number of carbonyl (C=O) groups is 1. The molecule has 0 bridgehead atoms. The second-order valence-corrected chi connectivity index (χ2v) is 5.66. The third kappa shape index (κ3) is 3.84. The quantitative estimate of drug-likeness (QED) is 0.857. The Kier molecular flexibility index (Phi) is 5.19. The number of hydrogen-bond acceptors (Lipinski definition) is 3. The summed E-state index contributed by atoms with van der Waals surface area (Å²) >= 11 is 7.07. The number of thiophene rings is 1. The molecule has 0 fully saturated rings. The van der Waals surface area contributed by atoms with Crippen LogP contribution in [0.2, 0.25) is 4.34 Å². The van der Waals surface area contributed by atoms with E-state index < -0.39 is 0 Å². The van der Waals surface area contributed by atoms with Gasteiger partial charge in [-0.05, 0) is 23.8 Å². The molecule has 1 aromatic heterocycles. The molecule has 0 aliphatic carbocycles. The molecule has 2 aromatic rings. The summed E-state index contributed by atoms with van der Waals surface area (Å²) in [5.74, 6) is 5.68. The predicted molar refractivity (Wildman–Crippen MR) is 82.9 cm³/mol. The van der Waals surface area contributed by atoms with Crippen LogP contribution in [0.25, 0.3) is 0 Å². The van der Waals surface area contributed by atoms with Gasteiger partial charge in [-0.1, -0.05) is 41.6 Å². The summed E-state index contributed by atoms with van der Waals surface area (Å²) in [6.45, 7) is 0.734. The molecule has 3 nitrogen and oxygen atoms in total. The van der Waals surface area contributed by atoms with Gasteiger partial charge in [-0.2, -0.15) is 0 Å². The minimum absolute atomic E-state index is 0.136. The maximum absolute atomic E-state index is 11.9. The molecule has 5 heteroatoms. The van der Waals surface area contributed by atoms with Crippen LogP contribution in [0.15, 0.2) is 36.4 Å². The van der Waals surface area contributed by atoms with Crippen molar-refractivity contribution in [2.24, 2.45) is 5.73 Å². The van der Waals surface area contributed by atoms with Gasteiger partial charge in [0.25, 0.3) is 5.91 Å². The van der Waals surface area contributed by atoms with Crippen LogP contribution < -0.4 is 11.1 Å². The van der Waals surface area contributed by atoms with E-state index in [1.807, 2.05) is 24.3 Å². The predicted octanol–water partition coefficient (Wildman–Crippen LogP) is 2.64. The van der Waals surface area contributed by atoms with Crippen molar-refractivity contribution in [2.45, 2.75) is 6.54 Å². The number of nitrogens with two attached hydrogens (primary N) is 1. The first-order chi connectivity index (χ1) is 9.70. The topological polar surface area (TPSA) is 55.1 Å². The van der Waals surface area contributed by atoms with Gasteiger partial charge in [0.1, 0.15) is 0 Å². The Hall–Kier alpha value is -1.80. The molecule has 0 atom stereocenters. The molecule has 0 saturated carbocycles. The van der Waals surface area contributed by atoms with E-state index in [0.717, 1.165) is 11.1 Å². The third-order valence-electron chi connectivity index (χ3n) is 2.58. The van der Waals surface area contributed by atoms with Gasteiger partial charge < -0.3 is 11.1 Å². The van der Waals surface area contributed by atoms with Gasteiger partial charge in [0.2, 0.25) is 0 Å². The monoisotopic (exact) mass is 304 g/mol. The molecule has 1 amide bonds. The third-order valence-corrected chi connectivity index (χ3v) is 3.81. The fourth-order valence-electron chi connectivity index (χ4n) is 1.64. The van der Waals surface area contributed by atoms with E-state index in [-0.39, 0.29) is 5.91 Å². The second-order valence-electron chi connectivity index (χ2n) is 3.95. The van der Waals surface area contributed by atoms with Gasteiger partial charge in [-0.15, -0.1) is 11.3 Å². The van der Waals surface area contributed by atoms with Crippen LogP contribution in [0.5, 0.6) is 0 Å². The number of hydrogen-bond donors (Lipinski definition) is 2. The molecule has 102 valence electrons. The standard InChI is InChI=1S/C15H13ClN2OS/c16-14-8-7-13(20-14)15(19)18-10-12-5-2-1-4-11(12)6-3-9-17/h1-2,4-5,7-8H,9-10,17H2,(H,18,19). The summed E-state index contributed by atoms with van der Waals surface area (Å²) in [5, 5.41) is 2.86. The van der Waals surface area contributed by atoms with Gasteiger partial charge >= 0.3 is 0 Å². The first kappa shape index (κ1) is 14.6. The fraction of sp³-hybridized carbons (Fsp3) is 0.133. The molecule has 20 heavy (non-hydrogen) atoms. The van der Waals surface area contributed by atoms with Crippen molar-refractivity contribution in [3.63, 3.8) is 0 Å². The van der Waals surface area contributed by atoms with Crippen LogP contribution >= 0.6 is 22.9 Å². The van der Waals surface area contributed by atoms with Crippen LogP contribution in [0.1, 0.15) is 20.8 Å². The molecule has 0 saturated heterocycles. The number of rotatable bonds is 3. The van der Waals surface area contributed by atoms with Crippen LogP contribution in [-0.2, 0) is 6.54 Å². The van der Waals surface area contributed by atoms with E-state index in [2.05, 4.69) is 17.2 Å². The second kappa shape index (κ2) is 7.11. The van der Waals surface area contributed by atoms with E-state index in [1.165, 1.54) is 11.3 Å². The van der Waals surface area contributed by atoms with Gasteiger partial charge in [0.15, 0.2) is 0 Å². The first-order valence-electron chi connectivity index (χ1n) is 6.01. The number of halogens is 1. The number of nitrogens with one attached hydrogen (secondary N) is 1. The van der Waals surface area contributed by atoms with Crippen molar-refractivity contribution in [3.05, 3.63) is 56.7 Å². The molecule has 0 aliphatic heterocycles. The summed E-state index contributed by atoms with van der Waals surface area (Å²) in [6.07, 6.45) is 0. The number of amides is 1. The van der Waals surface area contributed by atoms with Crippen LogP contribution in [-0.4, -0.2) is 12.5 Å². The van der Waals surface area contributed by atoms with Crippen LogP contribution in [0.3, 0.4) is 0 Å². The number of carbonyl (C=O) groups excluding carboxylic acids is 1. The minimum atomic E-state index is -0.136. The fourth-order valence-corrected chi connectivity index (χ4v) is 2.60. The highest BCUT2D eigenvalue weighted by Gasteiger charge is 2.08. The average Bonchev–Trinajstić information content (AvgIpc) is 2.90. The van der Waals surface area contributed by atoms with Crippen LogP contribution in [0.4, 0.5) is 0 Å². The van der Waals surface area contributed by atoms with Crippen molar-refractivity contribution in [1.82, 2.24) is 5.32 Å². The molecule has 0 spiro atoms. The lowest BCUT2D eigenvalue weighted by molar-refractivity contribution is 0.0955. The maximum atomic E-state index is 11.9. The lowest BCUT2D eigenvalue weighted by atomic mass is 10.1. The smallest absolute Gasteiger partial charge is 0.261 e. The lowest BCUT2D eigenvalue weighted by Gasteiger charge is -2.06. The summed E-state index contributed by atoms with van der Waals surface area (Å²) < 4.78 is 0.601. The Morgan fingerprint density at radius 1 is 1.30 bits per heavy atom. The molecule has 0 unspecified atom stereocenters. The summed E-state index contributed by atoms with van der Waals surface area (Å²) in [7, 11) is 0. The zero-order valence-corrected chi connectivity index (χ0v) is 12.2. The molecular weight excluding hydrogens is 292 g/mol. The Morgan fingerprint density at radius 2 is 2.10 bits per heavy atom. The lowest BCUT2D eigenvalue weighted by Crippen LogP contribution is -2.22. The van der Waals surface area contributed by atoms with E-state index in [0.29, 0.717) is 22.3 Å². The summed E-state index contributed by atoms with van der Waals surface area (Å²) in [5.41, 5.74) is 7.21. The van der Waals surface area contributed by atoms with Gasteiger partial charge in [0.05, 0.1) is 15.8 Å². The molecule has 3 N–H and O–H groups in total. The van der Waals surface area contributed by atoms with Gasteiger partial charge in [-0.25, -0.2) is 0 Å². The van der Waals surface area contributed by atoms with Crippen molar-refractivity contribution in [3.8, 4) is 11.8 Å². The largest absolute Gasteiger partial charge is 0.347 e. The Morgan fingerprint density at radius 3 is 2.80 bits per heavy atom. The normalized spacial score (nSPS) is 9.70. The van der Waals surface area contributed by atoms with Crippen LogP contribution in [0, 0.1) is 11.8 Å². The molecule has 1 heterocycles.